The second-order valence-corrected chi connectivity index (χ2v) is 7.73. The number of aromatic hydroxyl groups is 1. The van der Waals surface area contributed by atoms with E-state index in [9.17, 15) is 18.3 Å². The summed E-state index contributed by atoms with van der Waals surface area (Å²) in [5, 5.41) is 12.5. The van der Waals surface area contributed by atoms with Gasteiger partial charge in [-0.1, -0.05) is 19.9 Å². The van der Waals surface area contributed by atoms with Crippen molar-refractivity contribution in [3.8, 4) is 5.75 Å². The highest BCUT2D eigenvalue weighted by atomic mass is 32.2. The van der Waals surface area contributed by atoms with Gasteiger partial charge in [-0.2, -0.15) is 0 Å². The highest BCUT2D eigenvalue weighted by Gasteiger charge is 2.29. The van der Waals surface area contributed by atoms with E-state index < -0.39 is 15.7 Å². The zero-order valence-corrected chi connectivity index (χ0v) is 12.4. The van der Waals surface area contributed by atoms with Crippen molar-refractivity contribution >= 4 is 15.7 Å². The lowest BCUT2D eigenvalue weighted by molar-refractivity contribution is 0.0938. The largest absolute Gasteiger partial charge is 0.507 e. The predicted molar refractivity (Wildman–Crippen MR) is 76.7 cm³/mol. The minimum atomic E-state index is -3.03. The first-order valence-corrected chi connectivity index (χ1v) is 8.45. The van der Waals surface area contributed by atoms with Crippen molar-refractivity contribution in [2.45, 2.75) is 32.2 Å². The van der Waals surface area contributed by atoms with Gasteiger partial charge in [0, 0.05) is 6.04 Å². The number of sulfone groups is 1. The molecule has 0 aliphatic carbocycles. The molecular weight excluding hydrogens is 278 g/mol. The van der Waals surface area contributed by atoms with Gasteiger partial charge in [0.05, 0.1) is 17.1 Å². The minimum absolute atomic E-state index is 0.0244. The second-order valence-electron chi connectivity index (χ2n) is 5.50. The molecule has 1 amide bonds. The number of phenols is 1. The zero-order valence-electron chi connectivity index (χ0n) is 11.6. The molecule has 0 aromatic heterocycles. The molecule has 1 aliphatic rings. The van der Waals surface area contributed by atoms with Crippen molar-refractivity contribution in [3.63, 3.8) is 0 Å². The Labute approximate surface area is 118 Å². The molecule has 1 heterocycles. The first-order chi connectivity index (χ1) is 9.28. The molecule has 1 saturated heterocycles. The van der Waals surface area contributed by atoms with E-state index >= 15 is 0 Å². The molecule has 0 bridgehead atoms. The van der Waals surface area contributed by atoms with Gasteiger partial charge in [0.25, 0.3) is 5.91 Å². The van der Waals surface area contributed by atoms with Gasteiger partial charge >= 0.3 is 0 Å². The topological polar surface area (TPSA) is 83.5 Å². The normalized spacial score (nSPS) is 21.1. The third-order valence-corrected chi connectivity index (χ3v) is 5.27. The predicted octanol–water partition coefficient (Wildman–Crippen LogP) is 1.43. The summed E-state index contributed by atoms with van der Waals surface area (Å²) in [4.78, 5) is 12.1. The molecule has 0 radical (unpaired) electrons. The number of rotatable bonds is 3. The lowest BCUT2D eigenvalue weighted by Gasteiger charge is -2.13. The van der Waals surface area contributed by atoms with Crippen LogP contribution in [0.15, 0.2) is 18.2 Å². The van der Waals surface area contributed by atoms with Crippen molar-refractivity contribution in [3.05, 3.63) is 29.3 Å². The summed E-state index contributed by atoms with van der Waals surface area (Å²) in [7, 11) is -3.03. The number of carbonyl (C=O) groups is 1. The number of carbonyl (C=O) groups excluding carboxylic acids is 1. The van der Waals surface area contributed by atoms with Crippen LogP contribution in [0.2, 0.25) is 0 Å². The van der Waals surface area contributed by atoms with Crippen molar-refractivity contribution in [1.29, 1.82) is 0 Å². The maximum absolute atomic E-state index is 12.1. The van der Waals surface area contributed by atoms with E-state index in [0.29, 0.717) is 6.42 Å². The molecule has 0 saturated carbocycles. The Morgan fingerprint density at radius 1 is 1.40 bits per heavy atom. The molecule has 5 nitrogen and oxygen atoms in total. The third kappa shape index (κ3) is 3.30. The molecule has 2 rings (SSSR count). The van der Waals surface area contributed by atoms with Crippen molar-refractivity contribution < 1.29 is 18.3 Å². The fraction of sp³-hybridized carbons (Fsp3) is 0.500. The van der Waals surface area contributed by atoms with E-state index in [-0.39, 0.29) is 34.8 Å². The number of amides is 1. The van der Waals surface area contributed by atoms with Crippen LogP contribution < -0.4 is 5.32 Å². The molecular formula is C14H19NO4S. The zero-order chi connectivity index (χ0) is 14.9. The van der Waals surface area contributed by atoms with Gasteiger partial charge in [-0.15, -0.1) is 0 Å². The highest BCUT2D eigenvalue weighted by Crippen LogP contribution is 2.23. The Bertz CT molecular complexity index is 622. The summed E-state index contributed by atoms with van der Waals surface area (Å²) in [5.74, 6) is -0.187. The fourth-order valence-electron chi connectivity index (χ4n) is 2.27. The van der Waals surface area contributed by atoms with Crippen LogP contribution in [0.1, 0.15) is 42.1 Å². The van der Waals surface area contributed by atoms with E-state index in [2.05, 4.69) is 5.32 Å². The number of nitrogens with one attached hydrogen (secondary N) is 1. The summed E-state index contributed by atoms with van der Waals surface area (Å²) in [5.41, 5.74) is 1.15. The maximum Gasteiger partial charge on any atom is 0.255 e. The molecule has 1 aliphatic heterocycles. The summed E-state index contributed by atoms with van der Waals surface area (Å²) in [6.45, 7) is 4.00. The van der Waals surface area contributed by atoms with Gasteiger partial charge in [0.1, 0.15) is 5.75 Å². The van der Waals surface area contributed by atoms with Crippen molar-refractivity contribution in [1.82, 2.24) is 5.32 Å². The summed E-state index contributed by atoms with van der Waals surface area (Å²) in [6, 6.07) is 4.56. The number of hydrogen-bond acceptors (Lipinski definition) is 4. The molecule has 1 aromatic carbocycles. The van der Waals surface area contributed by atoms with E-state index in [1.165, 1.54) is 6.07 Å². The summed E-state index contributed by atoms with van der Waals surface area (Å²) >= 11 is 0. The van der Waals surface area contributed by atoms with Gasteiger partial charge < -0.3 is 10.4 Å². The van der Waals surface area contributed by atoms with E-state index in [4.69, 9.17) is 0 Å². The molecule has 6 heteroatoms. The highest BCUT2D eigenvalue weighted by molar-refractivity contribution is 7.91. The van der Waals surface area contributed by atoms with Crippen LogP contribution in [-0.2, 0) is 9.84 Å². The monoisotopic (exact) mass is 297 g/mol. The molecule has 0 spiro atoms. The Morgan fingerprint density at radius 3 is 2.65 bits per heavy atom. The van der Waals surface area contributed by atoms with Crippen LogP contribution in [0.3, 0.4) is 0 Å². The molecule has 2 N–H and O–H groups in total. The summed E-state index contributed by atoms with van der Waals surface area (Å²) < 4.78 is 22.7. The lowest BCUT2D eigenvalue weighted by atomic mass is 10.00. The van der Waals surface area contributed by atoms with Crippen LogP contribution in [0.5, 0.6) is 5.75 Å². The second kappa shape index (κ2) is 5.44. The standard InChI is InChI=1S/C14H19NO4S/c1-9(2)10-3-4-13(16)12(7-10)14(17)15-11-5-6-20(18,19)8-11/h3-4,7,9,11,16H,5-6,8H2,1-2H3,(H,15,17)/t11-/m1/s1. The van der Waals surface area contributed by atoms with Crippen molar-refractivity contribution in [2.24, 2.45) is 0 Å². The molecule has 1 atom stereocenters. The van der Waals surface area contributed by atoms with Crippen LogP contribution in [0.4, 0.5) is 0 Å². The average Bonchev–Trinajstić information content (AvgIpc) is 2.68. The number of benzene rings is 1. The van der Waals surface area contributed by atoms with E-state index in [1.54, 1.807) is 12.1 Å². The fourth-order valence-corrected chi connectivity index (χ4v) is 3.94. The number of hydrogen-bond donors (Lipinski definition) is 2. The Hall–Kier alpha value is -1.56. The van der Waals surface area contributed by atoms with Crippen LogP contribution >= 0.6 is 0 Å². The Balaban J connectivity index is 2.15. The first kappa shape index (κ1) is 14.8. The summed E-state index contributed by atoms with van der Waals surface area (Å²) in [6.07, 6.45) is 0.429. The minimum Gasteiger partial charge on any atom is -0.507 e. The van der Waals surface area contributed by atoms with E-state index in [1.807, 2.05) is 13.8 Å². The Kier molecular flexibility index (Phi) is 4.04. The van der Waals surface area contributed by atoms with Gasteiger partial charge in [0.15, 0.2) is 9.84 Å². The van der Waals surface area contributed by atoms with Gasteiger partial charge in [0.2, 0.25) is 0 Å². The molecule has 20 heavy (non-hydrogen) atoms. The van der Waals surface area contributed by atoms with Crippen LogP contribution in [0.25, 0.3) is 0 Å². The molecule has 1 fully saturated rings. The van der Waals surface area contributed by atoms with Crippen molar-refractivity contribution in [2.75, 3.05) is 11.5 Å². The molecule has 110 valence electrons. The Morgan fingerprint density at radius 2 is 2.10 bits per heavy atom. The van der Waals surface area contributed by atoms with Crippen LogP contribution in [0, 0.1) is 0 Å². The van der Waals surface area contributed by atoms with E-state index in [0.717, 1.165) is 5.56 Å². The van der Waals surface area contributed by atoms with Crippen LogP contribution in [-0.4, -0.2) is 37.0 Å². The lowest BCUT2D eigenvalue weighted by Crippen LogP contribution is -2.35. The van der Waals surface area contributed by atoms with Gasteiger partial charge in [-0.25, -0.2) is 8.42 Å². The average molecular weight is 297 g/mol. The van der Waals surface area contributed by atoms with Gasteiger partial charge in [-0.05, 0) is 30.0 Å². The molecule has 0 unspecified atom stereocenters. The first-order valence-electron chi connectivity index (χ1n) is 6.62. The molecule has 1 aromatic rings. The van der Waals surface area contributed by atoms with Gasteiger partial charge in [-0.3, -0.25) is 4.79 Å². The smallest absolute Gasteiger partial charge is 0.255 e. The quantitative estimate of drug-likeness (QED) is 0.884. The third-order valence-electron chi connectivity index (χ3n) is 3.50. The number of phenolic OH excluding ortho intramolecular Hbond substituents is 1. The SMILES string of the molecule is CC(C)c1ccc(O)c(C(=O)N[C@@H]2CCS(=O)(=O)C2)c1. The maximum atomic E-state index is 12.1.